The quantitative estimate of drug-likeness (QED) is 0.0261. The first-order valence-electron chi connectivity index (χ1n) is 29.0. The SMILES string of the molecule is CC/C=C\C/C=C\C/C=C\C/C=C\CCCCCCC(=O)OC[C@H](COC(=O)CCCCCCCCCCC/C=C\C/C=C\CCCCC)OC(=O)CCCCCC/C=C\C/C=C\C/C=C\C/C=C\CC. The predicted molar refractivity (Wildman–Crippen MR) is 306 cm³/mol. The zero-order valence-corrected chi connectivity index (χ0v) is 45.9. The minimum atomic E-state index is -0.807. The van der Waals surface area contributed by atoms with Crippen molar-refractivity contribution < 1.29 is 28.6 Å². The molecule has 0 amide bonds. The third-order valence-corrected chi connectivity index (χ3v) is 11.9. The fourth-order valence-corrected chi connectivity index (χ4v) is 7.63. The van der Waals surface area contributed by atoms with Crippen molar-refractivity contribution in [3.63, 3.8) is 0 Å². The number of ether oxygens (including phenoxy) is 3. The van der Waals surface area contributed by atoms with Crippen molar-refractivity contribution in [1.29, 1.82) is 0 Å². The predicted octanol–water partition coefficient (Wildman–Crippen LogP) is 19.6. The highest BCUT2D eigenvalue weighted by Crippen LogP contribution is 2.14. The molecule has 402 valence electrons. The Labute approximate surface area is 437 Å². The number of allylic oxidation sites excluding steroid dienone is 20. The highest BCUT2D eigenvalue weighted by Gasteiger charge is 2.19. The molecular formula is C65H106O6. The van der Waals surface area contributed by atoms with Crippen molar-refractivity contribution in [3.8, 4) is 0 Å². The third-order valence-electron chi connectivity index (χ3n) is 11.9. The van der Waals surface area contributed by atoms with Crippen LogP contribution in [0.5, 0.6) is 0 Å². The minimum Gasteiger partial charge on any atom is -0.462 e. The molecule has 0 heterocycles. The van der Waals surface area contributed by atoms with Crippen molar-refractivity contribution in [2.75, 3.05) is 13.2 Å². The van der Waals surface area contributed by atoms with Gasteiger partial charge < -0.3 is 14.2 Å². The molecule has 0 rings (SSSR count). The van der Waals surface area contributed by atoms with Crippen LogP contribution in [0.2, 0.25) is 0 Å². The van der Waals surface area contributed by atoms with Gasteiger partial charge in [0.25, 0.3) is 0 Å². The lowest BCUT2D eigenvalue weighted by Crippen LogP contribution is -2.30. The number of hydrogen-bond donors (Lipinski definition) is 0. The lowest BCUT2D eigenvalue weighted by Gasteiger charge is -2.18. The molecule has 0 saturated heterocycles. The minimum absolute atomic E-state index is 0.101. The van der Waals surface area contributed by atoms with Gasteiger partial charge in [0.2, 0.25) is 0 Å². The Morgan fingerprint density at radius 2 is 0.549 bits per heavy atom. The van der Waals surface area contributed by atoms with Crippen molar-refractivity contribution in [1.82, 2.24) is 0 Å². The van der Waals surface area contributed by atoms with Gasteiger partial charge >= 0.3 is 17.9 Å². The smallest absolute Gasteiger partial charge is 0.306 e. The summed E-state index contributed by atoms with van der Waals surface area (Å²) < 4.78 is 16.8. The molecule has 1 atom stereocenters. The summed E-state index contributed by atoms with van der Waals surface area (Å²) in [6, 6.07) is 0. The van der Waals surface area contributed by atoms with Crippen LogP contribution in [0.15, 0.2) is 122 Å². The maximum absolute atomic E-state index is 12.9. The van der Waals surface area contributed by atoms with E-state index in [0.29, 0.717) is 12.8 Å². The van der Waals surface area contributed by atoms with Gasteiger partial charge in [0, 0.05) is 19.3 Å². The lowest BCUT2D eigenvalue weighted by atomic mass is 10.1. The van der Waals surface area contributed by atoms with Crippen molar-refractivity contribution in [3.05, 3.63) is 122 Å². The average Bonchev–Trinajstić information content (AvgIpc) is 3.37. The van der Waals surface area contributed by atoms with Gasteiger partial charge in [0.15, 0.2) is 6.10 Å². The number of rotatable bonds is 51. The van der Waals surface area contributed by atoms with Gasteiger partial charge in [-0.05, 0) is 128 Å². The van der Waals surface area contributed by atoms with Crippen molar-refractivity contribution in [2.45, 2.75) is 258 Å². The first kappa shape index (κ1) is 66.8. The van der Waals surface area contributed by atoms with E-state index < -0.39 is 6.10 Å². The Hall–Kier alpha value is -4.19. The van der Waals surface area contributed by atoms with Crippen LogP contribution in [0.1, 0.15) is 252 Å². The standard InChI is InChI=1S/C65H106O6/c1-4-7-10-13-16-19-22-25-28-31-32-35-37-40-43-46-49-52-55-58-64(67)70-61-62(71-65(68)59-56-53-50-47-44-41-38-34-30-27-24-21-18-15-12-9-6-3)60-69-63(66)57-54-51-48-45-42-39-36-33-29-26-23-20-17-14-11-8-5-2/h8-9,11-12,16-21,25-30,36,38-39,41,62H,4-7,10,13-15,22-24,31-35,37,40,42-61H2,1-3H3/b11-8-,12-9-,19-16-,20-17-,21-18-,28-25-,29-26-,30-27-,39-36-,41-38-/t62-/m1/s1. The summed E-state index contributed by atoms with van der Waals surface area (Å²) in [6.45, 7) is 6.34. The van der Waals surface area contributed by atoms with Crippen LogP contribution in [-0.4, -0.2) is 37.2 Å². The van der Waals surface area contributed by atoms with E-state index in [2.05, 4.69) is 142 Å². The molecule has 0 bridgehead atoms. The number of hydrogen-bond acceptors (Lipinski definition) is 6. The normalized spacial score (nSPS) is 13.0. The van der Waals surface area contributed by atoms with E-state index in [4.69, 9.17) is 14.2 Å². The topological polar surface area (TPSA) is 78.9 Å². The molecule has 6 heteroatoms. The molecule has 0 aromatic carbocycles. The van der Waals surface area contributed by atoms with Gasteiger partial charge in [-0.1, -0.05) is 226 Å². The van der Waals surface area contributed by atoms with Crippen LogP contribution in [-0.2, 0) is 28.6 Å². The second-order valence-corrected chi connectivity index (χ2v) is 18.8. The number of carbonyl (C=O) groups excluding carboxylic acids is 3. The third kappa shape index (κ3) is 56.6. The van der Waals surface area contributed by atoms with Gasteiger partial charge in [-0.3, -0.25) is 14.4 Å². The zero-order chi connectivity index (χ0) is 51.4. The summed E-state index contributed by atoms with van der Waals surface area (Å²) in [5.74, 6) is -0.954. The second-order valence-electron chi connectivity index (χ2n) is 18.8. The molecule has 0 aliphatic heterocycles. The van der Waals surface area contributed by atoms with E-state index in [-0.39, 0.29) is 37.5 Å². The molecule has 6 nitrogen and oxygen atoms in total. The van der Waals surface area contributed by atoms with Crippen LogP contribution in [0.3, 0.4) is 0 Å². The number of carbonyl (C=O) groups is 3. The summed E-state index contributed by atoms with van der Waals surface area (Å²) in [6.07, 6.45) is 80.4. The maximum Gasteiger partial charge on any atom is 0.306 e. The lowest BCUT2D eigenvalue weighted by molar-refractivity contribution is -0.167. The summed E-state index contributed by atoms with van der Waals surface area (Å²) in [4.78, 5) is 38.2. The van der Waals surface area contributed by atoms with Crippen LogP contribution in [0.25, 0.3) is 0 Å². The highest BCUT2D eigenvalue weighted by molar-refractivity contribution is 5.71. The fraction of sp³-hybridized carbons (Fsp3) is 0.646. The highest BCUT2D eigenvalue weighted by atomic mass is 16.6. The van der Waals surface area contributed by atoms with Crippen LogP contribution >= 0.6 is 0 Å². The molecule has 0 N–H and O–H groups in total. The Morgan fingerprint density at radius 3 is 0.859 bits per heavy atom. The molecule has 0 spiro atoms. The summed E-state index contributed by atoms with van der Waals surface area (Å²) in [7, 11) is 0. The summed E-state index contributed by atoms with van der Waals surface area (Å²) >= 11 is 0. The molecule has 0 fully saturated rings. The van der Waals surface area contributed by atoms with Gasteiger partial charge in [-0.15, -0.1) is 0 Å². The fourth-order valence-electron chi connectivity index (χ4n) is 7.63. The average molecular weight is 984 g/mol. The first-order valence-corrected chi connectivity index (χ1v) is 29.0. The van der Waals surface area contributed by atoms with Crippen molar-refractivity contribution >= 4 is 17.9 Å². The van der Waals surface area contributed by atoms with Crippen LogP contribution in [0, 0.1) is 0 Å². The van der Waals surface area contributed by atoms with Crippen molar-refractivity contribution in [2.24, 2.45) is 0 Å². The second kappa shape index (κ2) is 58.4. The van der Waals surface area contributed by atoms with E-state index in [1.807, 2.05) is 0 Å². The van der Waals surface area contributed by atoms with E-state index in [1.54, 1.807) is 0 Å². The summed E-state index contributed by atoms with van der Waals surface area (Å²) in [5, 5.41) is 0. The van der Waals surface area contributed by atoms with E-state index >= 15 is 0 Å². The molecule has 0 aliphatic rings. The molecular weight excluding hydrogens is 877 g/mol. The molecule has 0 radical (unpaired) electrons. The Bertz CT molecular complexity index is 1500. The first-order chi connectivity index (χ1) is 35.0. The zero-order valence-electron chi connectivity index (χ0n) is 45.9. The van der Waals surface area contributed by atoms with E-state index in [1.165, 1.54) is 70.6 Å². The van der Waals surface area contributed by atoms with Gasteiger partial charge in [-0.2, -0.15) is 0 Å². The maximum atomic E-state index is 12.9. The molecule has 0 saturated carbocycles. The number of esters is 3. The van der Waals surface area contributed by atoms with Crippen LogP contribution < -0.4 is 0 Å². The van der Waals surface area contributed by atoms with Gasteiger partial charge in [0.1, 0.15) is 13.2 Å². The van der Waals surface area contributed by atoms with Crippen LogP contribution in [0.4, 0.5) is 0 Å². The molecule has 0 aromatic rings. The molecule has 0 aromatic heterocycles. The number of unbranched alkanes of at least 4 members (excludes halogenated alkanes) is 20. The van der Waals surface area contributed by atoms with E-state index in [9.17, 15) is 14.4 Å². The Balaban J connectivity index is 4.49. The van der Waals surface area contributed by atoms with Gasteiger partial charge in [0.05, 0.1) is 0 Å². The van der Waals surface area contributed by atoms with E-state index in [0.717, 1.165) is 141 Å². The Morgan fingerprint density at radius 1 is 0.296 bits per heavy atom. The largest absolute Gasteiger partial charge is 0.462 e. The summed E-state index contributed by atoms with van der Waals surface area (Å²) in [5.41, 5.74) is 0. The molecule has 0 aliphatic carbocycles. The van der Waals surface area contributed by atoms with Gasteiger partial charge in [-0.25, -0.2) is 0 Å². The molecule has 0 unspecified atom stereocenters. The monoisotopic (exact) mass is 983 g/mol. The Kier molecular flexibility index (Phi) is 54.9. The molecule has 71 heavy (non-hydrogen) atoms.